The van der Waals surface area contributed by atoms with Crippen molar-refractivity contribution in [2.24, 2.45) is 0 Å². The summed E-state index contributed by atoms with van der Waals surface area (Å²) in [6.45, 7) is 7.89. The van der Waals surface area contributed by atoms with E-state index in [1.807, 2.05) is 6.07 Å². The maximum Gasteiger partial charge on any atom is 0.125 e. The molecule has 0 fully saturated rings. The average molecular weight is 348 g/mol. The van der Waals surface area contributed by atoms with Crippen LogP contribution in [-0.4, -0.2) is 6.54 Å². The maximum absolute atomic E-state index is 6.04. The monoisotopic (exact) mass is 347 g/mol. The van der Waals surface area contributed by atoms with Gasteiger partial charge in [0.25, 0.3) is 0 Å². The second-order valence-corrected chi connectivity index (χ2v) is 6.15. The fourth-order valence-corrected chi connectivity index (χ4v) is 2.59. The van der Waals surface area contributed by atoms with Gasteiger partial charge in [0.15, 0.2) is 0 Å². The van der Waals surface area contributed by atoms with Crippen molar-refractivity contribution in [1.82, 2.24) is 5.32 Å². The van der Waals surface area contributed by atoms with Crippen LogP contribution in [0.15, 0.2) is 46.9 Å². The second-order valence-electron chi connectivity index (χ2n) is 5.24. The molecule has 21 heavy (non-hydrogen) atoms. The van der Waals surface area contributed by atoms with Crippen molar-refractivity contribution >= 4 is 15.9 Å². The van der Waals surface area contributed by atoms with Crippen LogP contribution in [0.5, 0.6) is 5.75 Å². The zero-order chi connectivity index (χ0) is 15.2. The molecular formula is C18H22BrNO. The first-order valence-electron chi connectivity index (χ1n) is 7.31. The predicted octanol–water partition coefficient (Wildman–Crippen LogP) is 5.01. The lowest BCUT2D eigenvalue weighted by Crippen LogP contribution is -2.18. The molecule has 0 saturated heterocycles. The molecule has 0 aromatic heterocycles. The SMILES string of the molecule is CCNC(C)c1ccc(Br)cc1OCc1ccc(C)cc1. The van der Waals surface area contributed by atoms with Crippen molar-refractivity contribution in [3.05, 3.63) is 63.6 Å². The molecule has 112 valence electrons. The van der Waals surface area contributed by atoms with Gasteiger partial charge in [-0.15, -0.1) is 0 Å². The molecule has 0 amide bonds. The average Bonchev–Trinajstić information content (AvgIpc) is 2.47. The van der Waals surface area contributed by atoms with E-state index in [1.54, 1.807) is 0 Å². The predicted molar refractivity (Wildman–Crippen MR) is 91.7 cm³/mol. The summed E-state index contributed by atoms with van der Waals surface area (Å²) in [5, 5.41) is 3.43. The topological polar surface area (TPSA) is 21.3 Å². The number of hydrogen-bond acceptors (Lipinski definition) is 2. The van der Waals surface area contributed by atoms with Gasteiger partial charge < -0.3 is 10.1 Å². The molecule has 2 aromatic carbocycles. The molecular weight excluding hydrogens is 326 g/mol. The molecule has 2 nitrogen and oxygen atoms in total. The van der Waals surface area contributed by atoms with Crippen LogP contribution in [-0.2, 0) is 6.61 Å². The molecule has 0 bridgehead atoms. The van der Waals surface area contributed by atoms with Crippen molar-refractivity contribution < 1.29 is 4.74 Å². The van der Waals surface area contributed by atoms with Gasteiger partial charge >= 0.3 is 0 Å². The minimum atomic E-state index is 0.274. The van der Waals surface area contributed by atoms with Crippen LogP contribution in [0.3, 0.4) is 0 Å². The normalized spacial score (nSPS) is 12.2. The highest BCUT2D eigenvalue weighted by molar-refractivity contribution is 9.10. The van der Waals surface area contributed by atoms with Gasteiger partial charge in [-0.25, -0.2) is 0 Å². The van der Waals surface area contributed by atoms with Gasteiger partial charge in [-0.3, -0.25) is 0 Å². The van der Waals surface area contributed by atoms with E-state index in [2.05, 4.69) is 78.4 Å². The van der Waals surface area contributed by atoms with Crippen molar-refractivity contribution in [1.29, 1.82) is 0 Å². The molecule has 3 heteroatoms. The van der Waals surface area contributed by atoms with Crippen LogP contribution in [0.2, 0.25) is 0 Å². The van der Waals surface area contributed by atoms with Crippen LogP contribution in [0.25, 0.3) is 0 Å². The number of rotatable bonds is 6. The van der Waals surface area contributed by atoms with E-state index < -0.39 is 0 Å². The standard InChI is InChI=1S/C18H22BrNO/c1-4-20-14(3)17-10-9-16(19)11-18(17)21-12-15-7-5-13(2)6-8-15/h5-11,14,20H,4,12H2,1-3H3. The Bertz CT molecular complexity index is 580. The second kappa shape index (κ2) is 7.62. The third-order valence-corrected chi connectivity index (χ3v) is 3.96. The molecule has 0 heterocycles. The zero-order valence-corrected chi connectivity index (χ0v) is 14.4. The van der Waals surface area contributed by atoms with Crippen LogP contribution < -0.4 is 10.1 Å². The minimum absolute atomic E-state index is 0.274. The summed E-state index contributed by atoms with van der Waals surface area (Å²) in [7, 11) is 0. The molecule has 1 unspecified atom stereocenters. The molecule has 0 saturated carbocycles. The van der Waals surface area contributed by atoms with Gasteiger partial charge in [-0.2, -0.15) is 0 Å². The van der Waals surface area contributed by atoms with Crippen molar-refractivity contribution in [2.45, 2.75) is 33.4 Å². The number of benzene rings is 2. The number of halogens is 1. The van der Waals surface area contributed by atoms with Crippen LogP contribution in [0.1, 0.15) is 36.6 Å². The summed E-state index contributed by atoms with van der Waals surface area (Å²) >= 11 is 3.52. The Hall–Kier alpha value is -1.32. The van der Waals surface area contributed by atoms with Gasteiger partial charge in [0.2, 0.25) is 0 Å². The molecule has 2 rings (SSSR count). The third kappa shape index (κ3) is 4.58. The number of nitrogens with one attached hydrogen (secondary N) is 1. The summed E-state index contributed by atoms with van der Waals surface area (Å²) in [6, 6.07) is 14.9. The molecule has 0 aliphatic heterocycles. The number of ether oxygens (including phenoxy) is 1. The Balaban J connectivity index is 2.14. The van der Waals surface area contributed by atoms with Crippen LogP contribution in [0, 0.1) is 6.92 Å². The first-order valence-corrected chi connectivity index (χ1v) is 8.10. The van der Waals surface area contributed by atoms with E-state index >= 15 is 0 Å². The third-order valence-electron chi connectivity index (χ3n) is 3.47. The first kappa shape index (κ1) is 16.1. The summed E-state index contributed by atoms with van der Waals surface area (Å²) in [4.78, 5) is 0. The fourth-order valence-electron chi connectivity index (χ4n) is 2.25. The van der Waals surface area contributed by atoms with Crippen molar-refractivity contribution in [3.8, 4) is 5.75 Å². The lowest BCUT2D eigenvalue weighted by atomic mass is 10.1. The Kier molecular flexibility index (Phi) is 5.83. The molecule has 0 spiro atoms. The lowest BCUT2D eigenvalue weighted by Gasteiger charge is -2.18. The number of hydrogen-bond donors (Lipinski definition) is 1. The Labute approximate surface area is 135 Å². The molecule has 2 aromatic rings. The Morgan fingerprint density at radius 3 is 2.52 bits per heavy atom. The molecule has 0 aliphatic rings. The van der Waals surface area contributed by atoms with E-state index in [0.29, 0.717) is 6.61 Å². The molecule has 1 N–H and O–H groups in total. The fraction of sp³-hybridized carbons (Fsp3) is 0.333. The van der Waals surface area contributed by atoms with Crippen LogP contribution >= 0.6 is 15.9 Å². The van der Waals surface area contributed by atoms with Gasteiger partial charge in [0.05, 0.1) is 0 Å². The minimum Gasteiger partial charge on any atom is -0.489 e. The van der Waals surface area contributed by atoms with E-state index in [4.69, 9.17) is 4.74 Å². The summed E-state index contributed by atoms with van der Waals surface area (Å²) in [5.41, 5.74) is 3.64. The van der Waals surface area contributed by atoms with Gasteiger partial charge in [0.1, 0.15) is 12.4 Å². The summed E-state index contributed by atoms with van der Waals surface area (Å²) in [6.07, 6.45) is 0. The largest absolute Gasteiger partial charge is 0.489 e. The zero-order valence-electron chi connectivity index (χ0n) is 12.8. The Morgan fingerprint density at radius 2 is 1.86 bits per heavy atom. The molecule has 0 aliphatic carbocycles. The van der Waals surface area contributed by atoms with Crippen molar-refractivity contribution in [2.75, 3.05) is 6.54 Å². The molecule has 0 radical (unpaired) electrons. The van der Waals surface area contributed by atoms with Gasteiger partial charge in [-0.05, 0) is 38.1 Å². The Morgan fingerprint density at radius 1 is 1.14 bits per heavy atom. The van der Waals surface area contributed by atoms with Crippen molar-refractivity contribution in [3.63, 3.8) is 0 Å². The van der Waals surface area contributed by atoms with E-state index in [-0.39, 0.29) is 6.04 Å². The van der Waals surface area contributed by atoms with E-state index in [1.165, 1.54) is 16.7 Å². The first-order chi connectivity index (χ1) is 10.1. The van der Waals surface area contributed by atoms with Crippen LogP contribution in [0.4, 0.5) is 0 Å². The number of aryl methyl sites for hydroxylation is 1. The highest BCUT2D eigenvalue weighted by atomic mass is 79.9. The smallest absolute Gasteiger partial charge is 0.125 e. The highest BCUT2D eigenvalue weighted by Gasteiger charge is 2.11. The quantitative estimate of drug-likeness (QED) is 0.793. The maximum atomic E-state index is 6.04. The molecule has 1 atom stereocenters. The summed E-state index contributed by atoms with van der Waals surface area (Å²) in [5.74, 6) is 0.929. The van der Waals surface area contributed by atoms with Gasteiger partial charge in [0, 0.05) is 16.1 Å². The van der Waals surface area contributed by atoms with Gasteiger partial charge in [-0.1, -0.05) is 58.7 Å². The highest BCUT2D eigenvalue weighted by Crippen LogP contribution is 2.29. The lowest BCUT2D eigenvalue weighted by molar-refractivity contribution is 0.299. The van der Waals surface area contributed by atoms with E-state index in [0.717, 1.165) is 16.8 Å². The van der Waals surface area contributed by atoms with E-state index in [9.17, 15) is 0 Å². The summed E-state index contributed by atoms with van der Waals surface area (Å²) < 4.78 is 7.08.